The fourth-order valence-electron chi connectivity index (χ4n) is 2.31. The lowest BCUT2D eigenvalue weighted by Gasteiger charge is -2.17. The van der Waals surface area contributed by atoms with Crippen LogP contribution in [-0.2, 0) is 6.42 Å². The second kappa shape index (κ2) is 7.33. The Morgan fingerprint density at radius 1 is 1.35 bits per heavy atom. The second-order valence-corrected chi connectivity index (χ2v) is 4.95. The molecule has 0 heterocycles. The van der Waals surface area contributed by atoms with E-state index in [2.05, 4.69) is 26.0 Å². The van der Waals surface area contributed by atoms with Gasteiger partial charge in [0.15, 0.2) is 0 Å². The smallest absolute Gasteiger partial charge is 0.119 e. The van der Waals surface area contributed by atoms with E-state index in [1.165, 1.54) is 18.4 Å². The molecule has 1 aromatic carbocycles. The zero-order chi connectivity index (χ0) is 12.7. The van der Waals surface area contributed by atoms with E-state index in [9.17, 15) is 0 Å². The van der Waals surface area contributed by atoms with Crippen LogP contribution in [0.5, 0.6) is 5.75 Å². The molecule has 2 N–H and O–H groups in total. The molecule has 0 aromatic heterocycles. The highest BCUT2D eigenvalue weighted by Gasteiger charge is 2.09. The molecule has 2 nitrogen and oxygen atoms in total. The number of ether oxygens (including phenoxy) is 1. The lowest BCUT2D eigenvalue weighted by atomic mass is 9.94. The molecule has 0 saturated carbocycles. The van der Waals surface area contributed by atoms with Crippen LogP contribution in [0.25, 0.3) is 0 Å². The van der Waals surface area contributed by atoms with Crippen LogP contribution < -0.4 is 10.5 Å². The number of hydrogen-bond acceptors (Lipinski definition) is 2. The summed E-state index contributed by atoms with van der Waals surface area (Å²) >= 11 is 0. The lowest BCUT2D eigenvalue weighted by molar-refractivity contribution is 0.412. The van der Waals surface area contributed by atoms with Crippen LogP contribution in [0.4, 0.5) is 0 Å². The summed E-state index contributed by atoms with van der Waals surface area (Å²) in [5.74, 6) is 1.64. The molecule has 2 unspecified atom stereocenters. The van der Waals surface area contributed by atoms with E-state index in [0.29, 0.717) is 0 Å². The Morgan fingerprint density at radius 2 is 2.12 bits per heavy atom. The quantitative estimate of drug-likeness (QED) is 0.786. The third-order valence-electron chi connectivity index (χ3n) is 3.12. The molecular weight excluding hydrogens is 210 g/mol. The second-order valence-electron chi connectivity index (χ2n) is 4.95. The molecule has 0 aliphatic heterocycles. The van der Waals surface area contributed by atoms with Gasteiger partial charge in [0.1, 0.15) is 5.75 Å². The Morgan fingerprint density at radius 3 is 2.76 bits per heavy atom. The molecule has 0 bridgehead atoms. The van der Waals surface area contributed by atoms with E-state index in [1.807, 2.05) is 12.1 Å². The Bertz CT molecular complexity index is 324. The Labute approximate surface area is 105 Å². The fraction of sp³-hybridized carbons (Fsp3) is 0.600. The topological polar surface area (TPSA) is 35.2 Å². The van der Waals surface area contributed by atoms with Crippen molar-refractivity contribution in [1.29, 1.82) is 0 Å². The molecule has 0 aliphatic rings. The number of benzene rings is 1. The van der Waals surface area contributed by atoms with Crippen molar-refractivity contribution >= 4 is 0 Å². The number of nitrogens with two attached hydrogens (primary N) is 1. The first-order chi connectivity index (χ1) is 8.15. The maximum absolute atomic E-state index is 6.19. The average Bonchev–Trinajstić information content (AvgIpc) is 2.29. The standard InChI is InChI=1S/C15H25NO/c1-4-6-12(2)9-14(16)10-13-7-5-8-15(11-13)17-3/h5,7-8,11-12,14H,4,6,9-10,16H2,1-3H3. The van der Waals surface area contributed by atoms with Gasteiger partial charge in [-0.05, 0) is 36.5 Å². The molecule has 1 rings (SSSR count). The first-order valence-corrected chi connectivity index (χ1v) is 6.54. The summed E-state index contributed by atoms with van der Waals surface area (Å²) in [4.78, 5) is 0. The van der Waals surface area contributed by atoms with Gasteiger partial charge < -0.3 is 10.5 Å². The third-order valence-corrected chi connectivity index (χ3v) is 3.12. The number of rotatable bonds is 7. The minimum absolute atomic E-state index is 0.253. The zero-order valence-corrected chi connectivity index (χ0v) is 11.3. The van der Waals surface area contributed by atoms with E-state index in [0.717, 1.165) is 24.5 Å². The third kappa shape index (κ3) is 5.22. The van der Waals surface area contributed by atoms with Crippen molar-refractivity contribution in [3.8, 4) is 5.75 Å². The number of methoxy groups -OCH3 is 1. The van der Waals surface area contributed by atoms with Crippen molar-refractivity contribution in [2.24, 2.45) is 11.7 Å². The van der Waals surface area contributed by atoms with Crippen LogP contribution in [0.15, 0.2) is 24.3 Å². The van der Waals surface area contributed by atoms with Crippen LogP contribution in [0, 0.1) is 5.92 Å². The summed E-state index contributed by atoms with van der Waals surface area (Å²) in [7, 11) is 1.70. The molecule has 0 saturated heterocycles. The molecule has 2 atom stereocenters. The Balaban J connectivity index is 2.46. The van der Waals surface area contributed by atoms with Crippen LogP contribution in [-0.4, -0.2) is 13.2 Å². The largest absolute Gasteiger partial charge is 0.497 e. The summed E-state index contributed by atoms with van der Waals surface area (Å²) in [6, 6.07) is 8.44. The van der Waals surface area contributed by atoms with E-state index in [1.54, 1.807) is 7.11 Å². The molecule has 96 valence electrons. The van der Waals surface area contributed by atoms with Gasteiger partial charge in [0, 0.05) is 6.04 Å². The van der Waals surface area contributed by atoms with Crippen molar-refractivity contribution in [3.05, 3.63) is 29.8 Å². The van der Waals surface area contributed by atoms with E-state index < -0.39 is 0 Å². The van der Waals surface area contributed by atoms with Crippen molar-refractivity contribution in [3.63, 3.8) is 0 Å². The molecule has 2 heteroatoms. The molecule has 0 aliphatic carbocycles. The molecule has 0 fully saturated rings. The van der Waals surface area contributed by atoms with E-state index in [4.69, 9.17) is 10.5 Å². The van der Waals surface area contributed by atoms with Crippen molar-refractivity contribution in [1.82, 2.24) is 0 Å². The molecule has 0 spiro atoms. The maximum Gasteiger partial charge on any atom is 0.119 e. The summed E-state index contributed by atoms with van der Waals surface area (Å²) in [5.41, 5.74) is 7.45. The Kier molecular flexibility index (Phi) is 6.06. The van der Waals surface area contributed by atoms with Crippen LogP contribution in [0.1, 0.15) is 38.7 Å². The SMILES string of the molecule is CCCC(C)CC(N)Cc1cccc(OC)c1. The highest BCUT2D eigenvalue weighted by atomic mass is 16.5. The van der Waals surface area contributed by atoms with Gasteiger partial charge >= 0.3 is 0 Å². The highest BCUT2D eigenvalue weighted by Crippen LogP contribution is 2.17. The van der Waals surface area contributed by atoms with Gasteiger partial charge in [-0.25, -0.2) is 0 Å². The van der Waals surface area contributed by atoms with Gasteiger partial charge in [-0.3, -0.25) is 0 Å². The molecule has 1 aromatic rings. The highest BCUT2D eigenvalue weighted by molar-refractivity contribution is 5.28. The van der Waals surface area contributed by atoms with Gasteiger partial charge in [0.05, 0.1) is 7.11 Å². The van der Waals surface area contributed by atoms with Crippen LogP contribution >= 0.6 is 0 Å². The monoisotopic (exact) mass is 235 g/mol. The summed E-state index contributed by atoms with van der Waals surface area (Å²) in [6.07, 6.45) is 4.55. The molecule has 0 amide bonds. The van der Waals surface area contributed by atoms with Crippen LogP contribution in [0.3, 0.4) is 0 Å². The van der Waals surface area contributed by atoms with Crippen LogP contribution in [0.2, 0.25) is 0 Å². The number of hydrogen-bond donors (Lipinski definition) is 1. The van der Waals surface area contributed by atoms with Gasteiger partial charge in [-0.1, -0.05) is 38.8 Å². The predicted octanol–water partition coefficient (Wildman–Crippen LogP) is 3.39. The lowest BCUT2D eigenvalue weighted by Crippen LogP contribution is -2.25. The average molecular weight is 235 g/mol. The van der Waals surface area contributed by atoms with Crippen molar-refractivity contribution < 1.29 is 4.74 Å². The minimum Gasteiger partial charge on any atom is -0.497 e. The van der Waals surface area contributed by atoms with Crippen molar-refractivity contribution in [2.45, 2.75) is 45.6 Å². The van der Waals surface area contributed by atoms with Gasteiger partial charge in [-0.2, -0.15) is 0 Å². The molecular formula is C15H25NO. The Hall–Kier alpha value is -1.02. The first kappa shape index (κ1) is 14.0. The van der Waals surface area contributed by atoms with Gasteiger partial charge in [-0.15, -0.1) is 0 Å². The van der Waals surface area contributed by atoms with Crippen molar-refractivity contribution in [2.75, 3.05) is 7.11 Å². The van der Waals surface area contributed by atoms with Gasteiger partial charge in [0.2, 0.25) is 0 Å². The fourth-order valence-corrected chi connectivity index (χ4v) is 2.31. The zero-order valence-electron chi connectivity index (χ0n) is 11.3. The maximum atomic E-state index is 6.19. The normalized spacial score (nSPS) is 14.4. The van der Waals surface area contributed by atoms with E-state index in [-0.39, 0.29) is 6.04 Å². The molecule has 17 heavy (non-hydrogen) atoms. The summed E-state index contributed by atoms with van der Waals surface area (Å²) in [5, 5.41) is 0. The first-order valence-electron chi connectivity index (χ1n) is 6.54. The summed E-state index contributed by atoms with van der Waals surface area (Å²) < 4.78 is 5.22. The summed E-state index contributed by atoms with van der Waals surface area (Å²) in [6.45, 7) is 4.51. The minimum atomic E-state index is 0.253. The predicted molar refractivity (Wildman–Crippen MR) is 73.4 cm³/mol. The van der Waals surface area contributed by atoms with Gasteiger partial charge in [0.25, 0.3) is 0 Å². The molecule has 0 radical (unpaired) electrons. The van der Waals surface area contributed by atoms with E-state index >= 15 is 0 Å².